The Hall–Kier alpha value is -1.80. The second kappa shape index (κ2) is 3.29. The van der Waals surface area contributed by atoms with Crippen molar-refractivity contribution in [3.63, 3.8) is 0 Å². The van der Waals surface area contributed by atoms with Crippen LogP contribution in [0.25, 0.3) is 0 Å². The summed E-state index contributed by atoms with van der Waals surface area (Å²) in [5.41, 5.74) is 0.527. The van der Waals surface area contributed by atoms with E-state index in [0.29, 0.717) is 30.4 Å². The van der Waals surface area contributed by atoms with Crippen LogP contribution in [0.4, 0.5) is 5.69 Å². The van der Waals surface area contributed by atoms with Gasteiger partial charge in [-0.1, -0.05) is 0 Å². The summed E-state index contributed by atoms with van der Waals surface area (Å²) < 4.78 is 10.6. The Bertz CT molecular complexity index is 369. The third kappa shape index (κ3) is 1.53. The second-order valence-electron chi connectivity index (χ2n) is 2.53. The predicted octanol–water partition coefficient (Wildman–Crippen LogP) is 1.43. The molecule has 1 aromatic carbocycles. The Morgan fingerprint density at radius 3 is 2.77 bits per heavy atom. The van der Waals surface area contributed by atoms with Gasteiger partial charge in [-0.05, 0) is 12.1 Å². The molecule has 0 atom stereocenters. The van der Waals surface area contributed by atoms with Gasteiger partial charge in [0.1, 0.15) is 13.2 Å². The zero-order valence-corrected chi connectivity index (χ0v) is 6.82. The number of benzene rings is 1. The number of carbonyl (C=O) groups excluding carboxylic acids is 1. The van der Waals surface area contributed by atoms with E-state index in [4.69, 9.17) is 9.47 Å². The molecule has 0 bridgehead atoms. The maximum atomic E-state index is 9.98. The Morgan fingerprint density at radius 1 is 1.23 bits per heavy atom. The van der Waals surface area contributed by atoms with E-state index in [9.17, 15) is 4.79 Å². The number of fused-ring (bicyclic) bond motifs is 1. The minimum atomic E-state index is 0.527. The molecule has 0 N–H and O–H groups in total. The number of nitrogens with zero attached hydrogens (tertiary/aromatic N) is 1. The molecule has 0 aliphatic carbocycles. The van der Waals surface area contributed by atoms with Crippen LogP contribution in [0, 0.1) is 0 Å². The zero-order valence-electron chi connectivity index (χ0n) is 6.82. The van der Waals surface area contributed by atoms with Crippen molar-refractivity contribution >= 4 is 11.8 Å². The number of ether oxygens (including phenoxy) is 2. The SMILES string of the molecule is O=C=Nc1ccc2c(c1)OCCO2. The van der Waals surface area contributed by atoms with Crippen molar-refractivity contribution in [1.82, 2.24) is 0 Å². The van der Waals surface area contributed by atoms with Crippen molar-refractivity contribution in [1.29, 1.82) is 0 Å². The van der Waals surface area contributed by atoms with Crippen LogP contribution >= 0.6 is 0 Å². The summed E-state index contributed by atoms with van der Waals surface area (Å²) >= 11 is 0. The molecule has 1 aromatic rings. The average molecular weight is 177 g/mol. The lowest BCUT2D eigenvalue weighted by Gasteiger charge is -2.17. The maximum Gasteiger partial charge on any atom is 0.240 e. The van der Waals surface area contributed by atoms with E-state index in [-0.39, 0.29) is 0 Å². The molecule has 0 fully saturated rings. The first-order valence-electron chi connectivity index (χ1n) is 3.87. The molecule has 0 spiro atoms. The lowest BCUT2D eigenvalue weighted by atomic mass is 10.2. The highest BCUT2D eigenvalue weighted by atomic mass is 16.6. The van der Waals surface area contributed by atoms with Gasteiger partial charge in [0.05, 0.1) is 5.69 Å². The normalized spacial score (nSPS) is 13.2. The number of rotatable bonds is 1. The van der Waals surface area contributed by atoms with Gasteiger partial charge in [-0.25, -0.2) is 4.79 Å². The van der Waals surface area contributed by atoms with Gasteiger partial charge in [-0.15, -0.1) is 0 Å². The molecule has 0 saturated heterocycles. The Labute approximate surface area is 74.8 Å². The second-order valence-corrected chi connectivity index (χ2v) is 2.53. The summed E-state index contributed by atoms with van der Waals surface area (Å²) in [7, 11) is 0. The first-order valence-corrected chi connectivity index (χ1v) is 3.87. The van der Waals surface area contributed by atoms with Crippen LogP contribution in [0.15, 0.2) is 23.2 Å². The van der Waals surface area contributed by atoms with Crippen molar-refractivity contribution in [3.8, 4) is 11.5 Å². The summed E-state index contributed by atoms with van der Waals surface area (Å²) in [5.74, 6) is 1.32. The van der Waals surface area contributed by atoms with Gasteiger partial charge < -0.3 is 9.47 Å². The molecule has 13 heavy (non-hydrogen) atoms. The fourth-order valence-corrected chi connectivity index (χ4v) is 1.15. The number of aliphatic imine (C=N–C) groups is 1. The van der Waals surface area contributed by atoms with E-state index in [2.05, 4.69) is 4.99 Å². The smallest absolute Gasteiger partial charge is 0.240 e. The molecule has 1 heterocycles. The monoisotopic (exact) mass is 177 g/mol. The highest BCUT2D eigenvalue weighted by Gasteiger charge is 2.10. The van der Waals surface area contributed by atoms with E-state index in [1.165, 1.54) is 6.08 Å². The summed E-state index contributed by atoms with van der Waals surface area (Å²) in [4.78, 5) is 13.5. The van der Waals surface area contributed by atoms with Gasteiger partial charge in [-0.2, -0.15) is 4.99 Å². The van der Waals surface area contributed by atoms with E-state index < -0.39 is 0 Å². The Kier molecular flexibility index (Phi) is 1.98. The molecular weight excluding hydrogens is 170 g/mol. The van der Waals surface area contributed by atoms with Crippen LogP contribution in [0.5, 0.6) is 11.5 Å². The fourth-order valence-electron chi connectivity index (χ4n) is 1.15. The number of hydrogen-bond acceptors (Lipinski definition) is 4. The van der Waals surface area contributed by atoms with Gasteiger partial charge in [0.15, 0.2) is 11.5 Å². The number of hydrogen-bond donors (Lipinski definition) is 0. The third-order valence-corrected chi connectivity index (χ3v) is 1.70. The first-order chi connectivity index (χ1) is 6.40. The Balaban J connectivity index is 2.40. The minimum absolute atomic E-state index is 0.527. The van der Waals surface area contributed by atoms with E-state index in [0.717, 1.165) is 0 Å². The minimum Gasteiger partial charge on any atom is -0.486 e. The maximum absolute atomic E-state index is 9.98. The predicted molar refractivity (Wildman–Crippen MR) is 45.2 cm³/mol. The molecule has 1 aliphatic heterocycles. The van der Waals surface area contributed by atoms with Crippen LogP contribution in [0.2, 0.25) is 0 Å². The van der Waals surface area contributed by atoms with Gasteiger partial charge in [0.25, 0.3) is 0 Å². The molecule has 2 rings (SSSR count). The highest BCUT2D eigenvalue weighted by Crippen LogP contribution is 2.33. The van der Waals surface area contributed by atoms with Gasteiger partial charge >= 0.3 is 0 Å². The molecule has 4 heteroatoms. The molecule has 0 amide bonds. The lowest BCUT2D eigenvalue weighted by Crippen LogP contribution is -2.14. The quantitative estimate of drug-likeness (QED) is 0.481. The van der Waals surface area contributed by atoms with Crippen molar-refractivity contribution < 1.29 is 14.3 Å². The van der Waals surface area contributed by atoms with Crippen LogP contribution in [-0.4, -0.2) is 19.3 Å². The fraction of sp³-hybridized carbons (Fsp3) is 0.222. The average Bonchev–Trinajstić information content (AvgIpc) is 2.18. The summed E-state index contributed by atoms with van der Waals surface area (Å²) in [6.07, 6.45) is 1.47. The molecule has 4 nitrogen and oxygen atoms in total. The molecule has 1 aliphatic rings. The molecule has 0 saturated carbocycles. The van der Waals surface area contributed by atoms with Gasteiger partial charge in [-0.3, -0.25) is 0 Å². The van der Waals surface area contributed by atoms with Crippen LogP contribution in [0.3, 0.4) is 0 Å². The van der Waals surface area contributed by atoms with Crippen molar-refractivity contribution in [3.05, 3.63) is 18.2 Å². The zero-order chi connectivity index (χ0) is 9.10. The topological polar surface area (TPSA) is 47.9 Å². The van der Waals surface area contributed by atoms with E-state index in [1.54, 1.807) is 18.2 Å². The van der Waals surface area contributed by atoms with Crippen LogP contribution < -0.4 is 9.47 Å². The van der Waals surface area contributed by atoms with E-state index >= 15 is 0 Å². The highest BCUT2D eigenvalue weighted by molar-refractivity contribution is 5.56. The van der Waals surface area contributed by atoms with Crippen molar-refractivity contribution in [2.75, 3.05) is 13.2 Å². The molecule has 0 unspecified atom stereocenters. The largest absolute Gasteiger partial charge is 0.486 e. The number of isocyanates is 1. The van der Waals surface area contributed by atoms with Gasteiger partial charge in [0.2, 0.25) is 6.08 Å². The standard InChI is InChI=1S/C9H7NO3/c11-6-10-7-1-2-8-9(5-7)13-4-3-12-8/h1-2,5H,3-4H2. The van der Waals surface area contributed by atoms with Crippen molar-refractivity contribution in [2.24, 2.45) is 4.99 Å². The van der Waals surface area contributed by atoms with E-state index in [1.807, 2.05) is 0 Å². The Morgan fingerprint density at radius 2 is 2.00 bits per heavy atom. The molecule has 66 valence electrons. The third-order valence-electron chi connectivity index (χ3n) is 1.70. The summed E-state index contributed by atoms with van der Waals surface area (Å²) in [6, 6.07) is 5.06. The van der Waals surface area contributed by atoms with Crippen molar-refractivity contribution in [2.45, 2.75) is 0 Å². The molecular formula is C9H7NO3. The summed E-state index contributed by atoms with van der Waals surface area (Å²) in [5, 5.41) is 0. The van der Waals surface area contributed by atoms with Crippen LogP contribution in [-0.2, 0) is 4.79 Å². The van der Waals surface area contributed by atoms with Crippen LogP contribution in [0.1, 0.15) is 0 Å². The lowest BCUT2D eigenvalue weighted by molar-refractivity contribution is 0.171. The molecule has 0 radical (unpaired) electrons. The molecule has 0 aromatic heterocycles. The summed E-state index contributed by atoms with van der Waals surface area (Å²) in [6.45, 7) is 1.09. The van der Waals surface area contributed by atoms with Gasteiger partial charge in [0, 0.05) is 6.07 Å². The first kappa shape index (κ1) is 7.83.